The van der Waals surface area contributed by atoms with E-state index in [9.17, 15) is 9.59 Å². The number of anilines is 1. The molecule has 1 aliphatic heterocycles. The molecule has 1 aliphatic rings. The summed E-state index contributed by atoms with van der Waals surface area (Å²) in [6.07, 6.45) is 0.652. The molecule has 0 atom stereocenters. The maximum atomic E-state index is 11.8. The van der Waals surface area contributed by atoms with Gasteiger partial charge in [-0.05, 0) is 43.2 Å². The normalized spacial score (nSPS) is 12.6. The SMILES string of the molecule is Cc1ccc(OCC(=O)NCCc2ccc3c(c2)NC(=O)CO3)cc1. The monoisotopic (exact) mass is 340 g/mol. The lowest BCUT2D eigenvalue weighted by Crippen LogP contribution is -2.30. The van der Waals surface area contributed by atoms with Crippen LogP contribution in [-0.4, -0.2) is 31.6 Å². The van der Waals surface area contributed by atoms with Gasteiger partial charge in [-0.15, -0.1) is 0 Å². The zero-order valence-corrected chi connectivity index (χ0v) is 14.0. The second-order valence-electron chi connectivity index (χ2n) is 5.87. The Morgan fingerprint density at radius 3 is 2.84 bits per heavy atom. The van der Waals surface area contributed by atoms with Gasteiger partial charge < -0.3 is 20.1 Å². The van der Waals surface area contributed by atoms with Gasteiger partial charge >= 0.3 is 0 Å². The van der Waals surface area contributed by atoms with Gasteiger partial charge in [0.2, 0.25) is 0 Å². The van der Waals surface area contributed by atoms with Gasteiger partial charge in [0.1, 0.15) is 11.5 Å². The van der Waals surface area contributed by atoms with Gasteiger partial charge in [-0.25, -0.2) is 0 Å². The summed E-state index contributed by atoms with van der Waals surface area (Å²) in [6.45, 7) is 2.51. The van der Waals surface area contributed by atoms with Crippen molar-refractivity contribution in [2.45, 2.75) is 13.3 Å². The molecule has 2 N–H and O–H groups in total. The van der Waals surface area contributed by atoms with Crippen LogP contribution in [-0.2, 0) is 16.0 Å². The molecule has 0 saturated carbocycles. The molecular formula is C19H20N2O4. The number of amides is 2. The number of fused-ring (bicyclic) bond motifs is 1. The van der Waals surface area contributed by atoms with Crippen molar-refractivity contribution < 1.29 is 19.1 Å². The molecule has 3 rings (SSSR count). The van der Waals surface area contributed by atoms with Crippen molar-refractivity contribution in [2.24, 2.45) is 0 Å². The highest BCUT2D eigenvalue weighted by atomic mass is 16.5. The summed E-state index contributed by atoms with van der Waals surface area (Å²) in [5.41, 5.74) is 2.82. The standard InChI is InChI=1S/C19H20N2O4/c1-13-2-5-15(6-3-13)24-11-18(22)20-9-8-14-4-7-17-16(10-14)21-19(23)12-25-17/h2-7,10H,8-9,11-12H2,1H3,(H,20,22)(H,21,23). The summed E-state index contributed by atoms with van der Waals surface area (Å²) in [6, 6.07) is 13.2. The fraction of sp³-hybridized carbons (Fsp3) is 0.263. The number of carbonyl (C=O) groups is 2. The number of ether oxygens (including phenoxy) is 2. The Labute approximate surface area is 146 Å². The van der Waals surface area contributed by atoms with Crippen LogP contribution < -0.4 is 20.1 Å². The van der Waals surface area contributed by atoms with Crippen molar-refractivity contribution in [3.63, 3.8) is 0 Å². The van der Waals surface area contributed by atoms with Crippen molar-refractivity contribution in [3.8, 4) is 11.5 Å². The van der Waals surface area contributed by atoms with E-state index in [0.717, 1.165) is 11.1 Å². The van der Waals surface area contributed by atoms with Crippen molar-refractivity contribution in [2.75, 3.05) is 25.1 Å². The first-order valence-corrected chi connectivity index (χ1v) is 8.12. The van der Waals surface area contributed by atoms with E-state index >= 15 is 0 Å². The van der Waals surface area contributed by atoms with E-state index in [0.29, 0.717) is 30.2 Å². The summed E-state index contributed by atoms with van der Waals surface area (Å²) < 4.78 is 10.8. The number of aryl methyl sites for hydroxylation is 1. The Balaban J connectivity index is 1.43. The molecule has 0 aliphatic carbocycles. The third kappa shape index (κ3) is 4.73. The van der Waals surface area contributed by atoms with Crippen LogP contribution in [0.4, 0.5) is 5.69 Å². The van der Waals surface area contributed by atoms with Crippen molar-refractivity contribution in [1.29, 1.82) is 0 Å². The minimum Gasteiger partial charge on any atom is -0.484 e. The van der Waals surface area contributed by atoms with Crippen LogP contribution in [0.3, 0.4) is 0 Å². The van der Waals surface area contributed by atoms with E-state index in [1.807, 2.05) is 49.4 Å². The van der Waals surface area contributed by atoms with Gasteiger partial charge in [0.05, 0.1) is 5.69 Å². The predicted molar refractivity (Wildman–Crippen MR) is 94.0 cm³/mol. The molecule has 0 unspecified atom stereocenters. The van der Waals surface area contributed by atoms with Crippen LogP contribution in [0.2, 0.25) is 0 Å². The largest absolute Gasteiger partial charge is 0.484 e. The average Bonchev–Trinajstić information content (AvgIpc) is 2.61. The smallest absolute Gasteiger partial charge is 0.262 e. The second-order valence-corrected chi connectivity index (χ2v) is 5.87. The zero-order valence-electron chi connectivity index (χ0n) is 14.0. The Morgan fingerprint density at radius 1 is 1.24 bits per heavy atom. The molecule has 0 aromatic heterocycles. The number of nitrogens with one attached hydrogen (secondary N) is 2. The van der Waals surface area contributed by atoms with Crippen LogP contribution in [0.1, 0.15) is 11.1 Å². The van der Waals surface area contributed by atoms with Gasteiger partial charge in [0, 0.05) is 6.54 Å². The maximum absolute atomic E-state index is 11.8. The molecule has 130 valence electrons. The first-order valence-electron chi connectivity index (χ1n) is 8.12. The van der Waals surface area contributed by atoms with Gasteiger partial charge in [-0.1, -0.05) is 23.8 Å². The molecule has 2 aromatic rings. The van der Waals surface area contributed by atoms with E-state index in [2.05, 4.69) is 10.6 Å². The van der Waals surface area contributed by atoms with E-state index in [1.54, 1.807) is 0 Å². The third-order valence-corrected chi connectivity index (χ3v) is 3.80. The van der Waals surface area contributed by atoms with Gasteiger partial charge in [0.15, 0.2) is 13.2 Å². The summed E-state index contributed by atoms with van der Waals surface area (Å²) in [5.74, 6) is 1.01. The number of rotatable bonds is 6. The summed E-state index contributed by atoms with van der Waals surface area (Å²) in [7, 11) is 0. The van der Waals surface area contributed by atoms with Crippen molar-refractivity contribution in [3.05, 3.63) is 53.6 Å². The fourth-order valence-corrected chi connectivity index (χ4v) is 2.47. The second kappa shape index (κ2) is 7.70. The molecule has 0 bridgehead atoms. The molecule has 0 radical (unpaired) electrons. The first kappa shape index (κ1) is 16.8. The van der Waals surface area contributed by atoms with E-state index in [4.69, 9.17) is 9.47 Å². The highest BCUT2D eigenvalue weighted by Gasteiger charge is 2.15. The molecule has 0 fully saturated rings. The van der Waals surface area contributed by atoms with Crippen LogP contribution in [0.15, 0.2) is 42.5 Å². The molecular weight excluding hydrogens is 320 g/mol. The Bertz CT molecular complexity index is 771. The Kier molecular flexibility index (Phi) is 5.18. The molecule has 2 aromatic carbocycles. The molecule has 6 heteroatoms. The Morgan fingerprint density at radius 2 is 2.04 bits per heavy atom. The molecule has 0 spiro atoms. The number of hydrogen-bond acceptors (Lipinski definition) is 4. The van der Waals surface area contributed by atoms with Crippen LogP contribution in [0.25, 0.3) is 0 Å². The van der Waals surface area contributed by atoms with Crippen molar-refractivity contribution >= 4 is 17.5 Å². The summed E-state index contributed by atoms with van der Waals surface area (Å²) in [4.78, 5) is 23.2. The Hall–Kier alpha value is -3.02. The topological polar surface area (TPSA) is 76.7 Å². The third-order valence-electron chi connectivity index (χ3n) is 3.80. The van der Waals surface area contributed by atoms with Gasteiger partial charge in [-0.2, -0.15) is 0 Å². The highest BCUT2D eigenvalue weighted by molar-refractivity contribution is 5.95. The quantitative estimate of drug-likeness (QED) is 0.844. The predicted octanol–water partition coefficient (Wildman–Crippen LogP) is 2.06. The summed E-state index contributed by atoms with van der Waals surface area (Å²) in [5, 5.41) is 5.59. The fourth-order valence-electron chi connectivity index (χ4n) is 2.47. The van der Waals surface area contributed by atoms with Crippen LogP contribution in [0, 0.1) is 6.92 Å². The van der Waals surface area contributed by atoms with Crippen molar-refractivity contribution in [1.82, 2.24) is 5.32 Å². The molecule has 2 amide bonds. The van der Waals surface area contributed by atoms with E-state index < -0.39 is 0 Å². The lowest BCUT2D eigenvalue weighted by Gasteiger charge is -2.18. The lowest BCUT2D eigenvalue weighted by molar-refractivity contribution is -0.123. The minimum absolute atomic E-state index is 0.0167. The first-order chi connectivity index (χ1) is 12.1. The molecule has 25 heavy (non-hydrogen) atoms. The summed E-state index contributed by atoms with van der Waals surface area (Å²) >= 11 is 0. The maximum Gasteiger partial charge on any atom is 0.262 e. The highest BCUT2D eigenvalue weighted by Crippen LogP contribution is 2.28. The number of hydrogen-bond donors (Lipinski definition) is 2. The average molecular weight is 340 g/mol. The van der Waals surface area contributed by atoms with Gasteiger partial charge in [0.25, 0.3) is 11.8 Å². The minimum atomic E-state index is -0.171. The lowest BCUT2D eigenvalue weighted by atomic mass is 10.1. The number of carbonyl (C=O) groups excluding carboxylic acids is 2. The number of benzene rings is 2. The van der Waals surface area contributed by atoms with Crippen LogP contribution in [0.5, 0.6) is 11.5 Å². The van der Waals surface area contributed by atoms with E-state index in [-0.39, 0.29) is 25.0 Å². The van der Waals surface area contributed by atoms with Gasteiger partial charge in [-0.3, -0.25) is 9.59 Å². The molecule has 1 heterocycles. The van der Waals surface area contributed by atoms with Crippen LogP contribution >= 0.6 is 0 Å². The van der Waals surface area contributed by atoms with E-state index in [1.165, 1.54) is 0 Å². The molecule has 6 nitrogen and oxygen atoms in total. The zero-order chi connectivity index (χ0) is 17.6. The molecule has 0 saturated heterocycles.